The Bertz CT molecular complexity index is 1480. The summed E-state index contributed by atoms with van der Waals surface area (Å²) >= 11 is 0. The molecule has 0 aromatic heterocycles. The molecule has 7 heteroatoms. The standard InChI is InChI=1S/C30H24FNO5/c1-15-11-24(34)27-21(28(15)35)13-20-18(25(27)17-7-10-23(33)22(31)12-17)8-9-19-26(20)30(37)32(29(19)36)14-16-5-3-2-4-6-16/h2-8,10-12,19-20,25-26,33H,9,13-14H2,1H3. The molecule has 1 fully saturated rings. The number of ketones is 2. The maximum absolute atomic E-state index is 14.4. The van der Waals surface area contributed by atoms with Crippen LogP contribution in [0.5, 0.6) is 5.75 Å². The Morgan fingerprint density at radius 3 is 2.49 bits per heavy atom. The normalized spacial score (nSPS) is 27.0. The smallest absolute Gasteiger partial charge is 0.234 e. The number of hydrogen-bond acceptors (Lipinski definition) is 5. The van der Waals surface area contributed by atoms with Crippen molar-refractivity contribution in [3.63, 3.8) is 0 Å². The Balaban J connectivity index is 1.45. The van der Waals surface area contributed by atoms with Crippen LogP contribution in [-0.2, 0) is 25.7 Å². The molecule has 0 spiro atoms. The van der Waals surface area contributed by atoms with Gasteiger partial charge in [0.1, 0.15) is 0 Å². The molecule has 186 valence electrons. The van der Waals surface area contributed by atoms with Gasteiger partial charge in [-0.3, -0.25) is 24.1 Å². The SMILES string of the molecule is CC1=CC(=O)C2=C(CC3C(=CCC4C(=O)N(Cc5ccccc5)C(=O)C43)C2c2ccc(O)c(F)c2)C1=O. The van der Waals surface area contributed by atoms with Gasteiger partial charge in [0.05, 0.1) is 18.4 Å². The predicted octanol–water partition coefficient (Wildman–Crippen LogP) is 4.16. The molecular formula is C30H24FNO5. The minimum absolute atomic E-state index is 0.174. The largest absolute Gasteiger partial charge is 0.505 e. The number of allylic oxidation sites excluding steroid dienone is 6. The molecule has 2 aromatic rings. The van der Waals surface area contributed by atoms with Crippen molar-refractivity contribution in [2.75, 3.05) is 0 Å². The fraction of sp³-hybridized carbons (Fsp3) is 0.267. The zero-order valence-electron chi connectivity index (χ0n) is 20.1. The number of nitrogens with zero attached hydrogens (tertiary/aromatic N) is 1. The predicted molar refractivity (Wildman–Crippen MR) is 131 cm³/mol. The van der Waals surface area contributed by atoms with Gasteiger partial charge >= 0.3 is 0 Å². The van der Waals surface area contributed by atoms with Crippen LogP contribution in [0.15, 0.2) is 83.0 Å². The van der Waals surface area contributed by atoms with Crippen molar-refractivity contribution in [3.05, 3.63) is 99.9 Å². The molecule has 1 aliphatic heterocycles. The first-order valence-corrected chi connectivity index (χ1v) is 12.3. The van der Waals surface area contributed by atoms with Crippen LogP contribution in [0.4, 0.5) is 4.39 Å². The number of halogens is 1. The molecule has 3 aliphatic carbocycles. The number of likely N-dealkylation sites (tertiary alicyclic amines) is 1. The monoisotopic (exact) mass is 497 g/mol. The van der Waals surface area contributed by atoms with Gasteiger partial charge < -0.3 is 5.11 Å². The number of imide groups is 1. The summed E-state index contributed by atoms with van der Waals surface area (Å²) in [5, 5.41) is 9.75. The number of Topliss-reactive ketones (excluding diaryl/α,β-unsaturated/α-hetero) is 1. The second-order valence-corrected chi connectivity index (χ2v) is 10.2. The average Bonchev–Trinajstić information content (AvgIpc) is 3.13. The summed E-state index contributed by atoms with van der Waals surface area (Å²) in [6, 6.07) is 13.2. The summed E-state index contributed by atoms with van der Waals surface area (Å²) in [5.41, 5.74) is 2.95. The molecule has 2 amide bonds. The maximum atomic E-state index is 14.4. The zero-order chi connectivity index (χ0) is 26.0. The number of phenolic OH excluding ortho intramolecular Hbond substituents is 1. The van der Waals surface area contributed by atoms with Crippen molar-refractivity contribution < 1.29 is 28.7 Å². The maximum Gasteiger partial charge on any atom is 0.234 e. The highest BCUT2D eigenvalue weighted by Gasteiger charge is 2.56. The van der Waals surface area contributed by atoms with Gasteiger partial charge in [0.2, 0.25) is 11.8 Å². The number of amides is 2. The van der Waals surface area contributed by atoms with Crippen LogP contribution in [0, 0.1) is 23.6 Å². The zero-order valence-corrected chi connectivity index (χ0v) is 20.1. The van der Waals surface area contributed by atoms with Gasteiger partial charge in [-0.1, -0.05) is 48.0 Å². The fourth-order valence-electron chi connectivity index (χ4n) is 6.45. The number of phenols is 1. The molecule has 6 rings (SSSR count). The number of carbonyl (C=O) groups excluding carboxylic acids is 4. The number of hydrogen-bond donors (Lipinski definition) is 1. The molecule has 37 heavy (non-hydrogen) atoms. The fourth-order valence-corrected chi connectivity index (χ4v) is 6.45. The Hall–Kier alpha value is -4.13. The van der Waals surface area contributed by atoms with E-state index in [-0.39, 0.29) is 36.3 Å². The highest BCUT2D eigenvalue weighted by Crippen LogP contribution is 2.55. The van der Waals surface area contributed by atoms with E-state index in [4.69, 9.17) is 0 Å². The minimum atomic E-state index is -0.835. The van der Waals surface area contributed by atoms with Gasteiger partial charge in [-0.2, -0.15) is 0 Å². The van der Waals surface area contributed by atoms with Gasteiger partial charge in [-0.25, -0.2) is 4.39 Å². The molecule has 0 radical (unpaired) electrons. The molecule has 6 nitrogen and oxygen atoms in total. The highest BCUT2D eigenvalue weighted by molar-refractivity contribution is 6.23. The van der Waals surface area contributed by atoms with Crippen molar-refractivity contribution in [2.45, 2.75) is 32.2 Å². The second kappa shape index (κ2) is 8.47. The molecule has 4 atom stereocenters. The van der Waals surface area contributed by atoms with Crippen molar-refractivity contribution in [3.8, 4) is 5.75 Å². The van der Waals surface area contributed by atoms with E-state index in [1.807, 2.05) is 36.4 Å². The lowest BCUT2D eigenvalue weighted by Crippen LogP contribution is -2.39. The van der Waals surface area contributed by atoms with Crippen molar-refractivity contribution >= 4 is 23.4 Å². The number of aromatic hydroxyl groups is 1. The summed E-state index contributed by atoms with van der Waals surface area (Å²) in [6.45, 7) is 1.76. The van der Waals surface area contributed by atoms with E-state index in [1.54, 1.807) is 6.92 Å². The first kappa shape index (κ1) is 23.3. The molecule has 4 aliphatic rings. The van der Waals surface area contributed by atoms with Crippen LogP contribution in [0.2, 0.25) is 0 Å². The number of benzene rings is 2. The third-order valence-corrected chi connectivity index (χ3v) is 8.14. The van der Waals surface area contributed by atoms with E-state index in [9.17, 15) is 28.7 Å². The summed E-state index contributed by atoms with van der Waals surface area (Å²) in [4.78, 5) is 54.9. The van der Waals surface area contributed by atoms with E-state index in [0.717, 1.165) is 11.1 Å². The number of rotatable bonds is 3. The summed E-state index contributed by atoms with van der Waals surface area (Å²) in [6.07, 6.45) is 3.70. The molecule has 2 aromatic carbocycles. The Kier molecular flexibility index (Phi) is 5.33. The van der Waals surface area contributed by atoms with Crippen LogP contribution >= 0.6 is 0 Å². The Morgan fingerprint density at radius 1 is 1.00 bits per heavy atom. The molecule has 1 N–H and O–H groups in total. The number of carbonyl (C=O) groups is 4. The van der Waals surface area contributed by atoms with E-state index in [2.05, 4.69) is 0 Å². The van der Waals surface area contributed by atoms with Crippen LogP contribution in [0.25, 0.3) is 0 Å². The van der Waals surface area contributed by atoms with Crippen LogP contribution in [0.3, 0.4) is 0 Å². The summed E-state index contributed by atoms with van der Waals surface area (Å²) in [5.74, 6) is -4.87. The van der Waals surface area contributed by atoms with E-state index in [0.29, 0.717) is 28.7 Å². The third-order valence-electron chi connectivity index (χ3n) is 8.14. The van der Waals surface area contributed by atoms with E-state index >= 15 is 0 Å². The molecule has 0 saturated carbocycles. The van der Waals surface area contributed by atoms with Crippen molar-refractivity contribution in [1.82, 2.24) is 4.90 Å². The first-order valence-electron chi connectivity index (χ1n) is 12.3. The van der Waals surface area contributed by atoms with Crippen LogP contribution in [0.1, 0.15) is 36.8 Å². The lowest BCUT2D eigenvalue weighted by atomic mass is 9.59. The van der Waals surface area contributed by atoms with Crippen molar-refractivity contribution in [2.24, 2.45) is 17.8 Å². The summed E-state index contributed by atoms with van der Waals surface area (Å²) in [7, 11) is 0. The van der Waals surface area contributed by atoms with E-state index in [1.165, 1.54) is 29.2 Å². The molecule has 4 unspecified atom stereocenters. The number of fused-ring (bicyclic) bond motifs is 3. The van der Waals surface area contributed by atoms with Gasteiger partial charge in [-0.05, 0) is 55.0 Å². The molecule has 1 saturated heterocycles. The second-order valence-electron chi connectivity index (χ2n) is 10.2. The Labute approximate surface area is 212 Å². The van der Waals surface area contributed by atoms with Crippen LogP contribution in [-0.4, -0.2) is 33.4 Å². The molecular weight excluding hydrogens is 473 g/mol. The first-order chi connectivity index (χ1) is 17.8. The van der Waals surface area contributed by atoms with Crippen molar-refractivity contribution in [1.29, 1.82) is 0 Å². The van der Waals surface area contributed by atoms with Gasteiger partial charge in [0.15, 0.2) is 23.1 Å². The van der Waals surface area contributed by atoms with Gasteiger partial charge in [0, 0.05) is 22.6 Å². The molecule has 1 heterocycles. The average molecular weight is 498 g/mol. The Morgan fingerprint density at radius 2 is 1.76 bits per heavy atom. The quantitative estimate of drug-likeness (QED) is 0.391. The molecule has 0 bridgehead atoms. The minimum Gasteiger partial charge on any atom is -0.505 e. The van der Waals surface area contributed by atoms with Gasteiger partial charge in [-0.15, -0.1) is 0 Å². The topological polar surface area (TPSA) is 91.8 Å². The lowest BCUT2D eigenvalue weighted by Gasteiger charge is -2.42. The van der Waals surface area contributed by atoms with Gasteiger partial charge in [0.25, 0.3) is 0 Å². The third kappa shape index (κ3) is 3.52. The summed E-state index contributed by atoms with van der Waals surface area (Å²) < 4.78 is 14.4. The van der Waals surface area contributed by atoms with E-state index < -0.39 is 35.2 Å². The lowest BCUT2D eigenvalue weighted by molar-refractivity contribution is -0.140. The van der Waals surface area contributed by atoms with Crippen LogP contribution < -0.4 is 0 Å². The highest BCUT2D eigenvalue weighted by atomic mass is 19.1.